The van der Waals surface area contributed by atoms with Gasteiger partial charge in [-0.05, 0) is 24.6 Å². The van der Waals surface area contributed by atoms with Crippen molar-refractivity contribution in [2.75, 3.05) is 7.11 Å². The molecule has 5 heteroatoms. The van der Waals surface area contributed by atoms with Crippen molar-refractivity contribution in [1.82, 2.24) is 0 Å². The van der Waals surface area contributed by atoms with E-state index in [0.29, 0.717) is 29.8 Å². The van der Waals surface area contributed by atoms with Crippen LogP contribution in [-0.2, 0) is 4.79 Å². The van der Waals surface area contributed by atoms with Crippen LogP contribution in [0.3, 0.4) is 0 Å². The molecule has 0 saturated carbocycles. The van der Waals surface area contributed by atoms with Crippen LogP contribution < -0.4 is 9.47 Å². The van der Waals surface area contributed by atoms with Crippen LogP contribution in [0.1, 0.15) is 23.7 Å². The van der Waals surface area contributed by atoms with Crippen LogP contribution >= 0.6 is 0 Å². The van der Waals surface area contributed by atoms with E-state index in [2.05, 4.69) is 0 Å². The van der Waals surface area contributed by atoms with Gasteiger partial charge < -0.3 is 14.6 Å². The molecule has 0 aromatic heterocycles. The fourth-order valence-corrected chi connectivity index (χ4v) is 1.32. The standard InChI is InChI=1S/C12H14O5/c1-3-9(12(14)15)17-10-5-4-8(7-13)6-11(10)16-2/h4-7,9H,3H2,1-2H3,(H,14,15). The number of carbonyl (C=O) groups excluding carboxylic acids is 1. The summed E-state index contributed by atoms with van der Waals surface area (Å²) in [5.41, 5.74) is 0.442. The fourth-order valence-electron chi connectivity index (χ4n) is 1.32. The summed E-state index contributed by atoms with van der Waals surface area (Å²) in [5, 5.41) is 8.88. The van der Waals surface area contributed by atoms with Crippen molar-refractivity contribution in [2.45, 2.75) is 19.4 Å². The number of carbonyl (C=O) groups is 2. The van der Waals surface area contributed by atoms with Crippen molar-refractivity contribution in [3.8, 4) is 11.5 Å². The zero-order valence-corrected chi connectivity index (χ0v) is 9.67. The van der Waals surface area contributed by atoms with Gasteiger partial charge in [-0.2, -0.15) is 0 Å². The number of methoxy groups -OCH3 is 1. The average Bonchev–Trinajstić information content (AvgIpc) is 2.35. The van der Waals surface area contributed by atoms with Gasteiger partial charge in [0.25, 0.3) is 0 Å². The second-order valence-electron chi connectivity index (χ2n) is 3.38. The van der Waals surface area contributed by atoms with Gasteiger partial charge in [-0.15, -0.1) is 0 Å². The van der Waals surface area contributed by atoms with Crippen LogP contribution in [0.25, 0.3) is 0 Å². The summed E-state index contributed by atoms with van der Waals surface area (Å²) >= 11 is 0. The Morgan fingerprint density at radius 3 is 2.65 bits per heavy atom. The highest BCUT2D eigenvalue weighted by Crippen LogP contribution is 2.28. The van der Waals surface area contributed by atoms with E-state index in [1.54, 1.807) is 13.0 Å². The highest BCUT2D eigenvalue weighted by Gasteiger charge is 2.18. The summed E-state index contributed by atoms with van der Waals surface area (Å²) in [6.07, 6.45) is 0.0975. The molecule has 0 radical (unpaired) electrons. The third-order valence-corrected chi connectivity index (χ3v) is 2.24. The van der Waals surface area contributed by atoms with Crippen LogP contribution in [0.2, 0.25) is 0 Å². The van der Waals surface area contributed by atoms with Gasteiger partial charge in [0.1, 0.15) is 6.29 Å². The number of benzene rings is 1. The first kappa shape index (κ1) is 13.0. The Morgan fingerprint density at radius 1 is 1.47 bits per heavy atom. The van der Waals surface area contributed by atoms with Gasteiger partial charge in [0, 0.05) is 5.56 Å². The number of carboxylic acid groups (broad SMARTS) is 1. The van der Waals surface area contributed by atoms with Gasteiger partial charge in [0.15, 0.2) is 17.6 Å². The van der Waals surface area contributed by atoms with Gasteiger partial charge >= 0.3 is 5.97 Å². The zero-order chi connectivity index (χ0) is 12.8. The highest BCUT2D eigenvalue weighted by atomic mass is 16.5. The molecule has 0 bridgehead atoms. The van der Waals surface area contributed by atoms with Gasteiger partial charge in [-0.3, -0.25) is 4.79 Å². The molecule has 1 aromatic carbocycles. The van der Waals surface area contributed by atoms with E-state index in [-0.39, 0.29) is 0 Å². The van der Waals surface area contributed by atoms with Crippen molar-refractivity contribution in [3.05, 3.63) is 23.8 Å². The zero-order valence-electron chi connectivity index (χ0n) is 9.67. The van der Waals surface area contributed by atoms with Gasteiger partial charge in [0.2, 0.25) is 0 Å². The smallest absolute Gasteiger partial charge is 0.344 e. The fraction of sp³-hybridized carbons (Fsp3) is 0.333. The van der Waals surface area contributed by atoms with Crippen molar-refractivity contribution in [3.63, 3.8) is 0 Å². The summed E-state index contributed by atoms with van der Waals surface area (Å²) < 4.78 is 10.3. The van der Waals surface area contributed by atoms with E-state index in [0.717, 1.165) is 0 Å². The molecule has 0 aliphatic carbocycles. The molecule has 1 unspecified atom stereocenters. The third-order valence-electron chi connectivity index (χ3n) is 2.24. The van der Waals surface area contributed by atoms with Crippen molar-refractivity contribution < 1.29 is 24.2 Å². The lowest BCUT2D eigenvalue weighted by Gasteiger charge is -2.15. The van der Waals surface area contributed by atoms with Crippen molar-refractivity contribution in [2.24, 2.45) is 0 Å². The first-order chi connectivity index (χ1) is 8.12. The molecule has 1 aromatic rings. The Balaban J connectivity index is 2.97. The SMILES string of the molecule is CCC(Oc1ccc(C=O)cc1OC)C(=O)O. The molecule has 0 aliphatic rings. The van der Waals surface area contributed by atoms with E-state index >= 15 is 0 Å². The number of aldehydes is 1. The molecule has 1 atom stereocenters. The first-order valence-electron chi connectivity index (χ1n) is 5.15. The predicted octanol–water partition coefficient (Wildman–Crippen LogP) is 1.75. The maximum atomic E-state index is 10.8. The largest absolute Gasteiger partial charge is 0.493 e. The van der Waals surface area contributed by atoms with E-state index < -0.39 is 12.1 Å². The predicted molar refractivity (Wildman–Crippen MR) is 60.7 cm³/mol. The third kappa shape index (κ3) is 3.21. The normalized spacial score (nSPS) is 11.6. The van der Waals surface area contributed by atoms with E-state index in [1.165, 1.54) is 19.2 Å². The number of ether oxygens (including phenoxy) is 2. The van der Waals surface area contributed by atoms with E-state index in [1.807, 2.05) is 0 Å². The molecule has 0 amide bonds. The molecule has 17 heavy (non-hydrogen) atoms. The second-order valence-corrected chi connectivity index (χ2v) is 3.38. The molecular weight excluding hydrogens is 224 g/mol. The number of hydrogen-bond donors (Lipinski definition) is 1. The van der Waals surface area contributed by atoms with Crippen LogP contribution in [-0.4, -0.2) is 30.6 Å². The Kier molecular flexibility index (Phi) is 4.51. The maximum absolute atomic E-state index is 10.8. The molecule has 92 valence electrons. The van der Waals surface area contributed by atoms with Gasteiger partial charge in [-0.25, -0.2) is 4.79 Å². The number of hydrogen-bond acceptors (Lipinski definition) is 4. The topological polar surface area (TPSA) is 72.8 Å². The minimum atomic E-state index is -1.03. The molecule has 1 N–H and O–H groups in total. The van der Waals surface area contributed by atoms with Crippen LogP contribution in [0.4, 0.5) is 0 Å². The Morgan fingerprint density at radius 2 is 2.18 bits per heavy atom. The minimum Gasteiger partial charge on any atom is -0.493 e. The van der Waals surface area contributed by atoms with Crippen LogP contribution in [0.15, 0.2) is 18.2 Å². The summed E-state index contributed by atoms with van der Waals surface area (Å²) in [7, 11) is 1.43. The number of rotatable bonds is 6. The monoisotopic (exact) mass is 238 g/mol. The van der Waals surface area contributed by atoms with E-state index in [4.69, 9.17) is 14.6 Å². The van der Waals surface area contributed by atoms with Crippen LogP contribution in [0, 0.1) is 0 Å². The van der Waals surface area contributed by atoms with Gasteiger partial charge in [-0.1, -0.05) is 6.92 Å². The summed E-state index contributed by atoms with van der Waals surface area (Å²) in [4.78, 5) is 21.4. The lowest BCUT2D eigenvalue weighted by atomic mass is 10.2. The number of carboxylic acids is 1. The summed E-state index contributed by atoms with van der Waals surface area (Å²) in [5.74, 6) is -0.379. The lowest BCUT2D eigenvalue weighted by molar-refractivity contribution is -0.145. The minimum absolute atomic E-state index is 0.312. The molecule has 0 saturated heterocycles. The quantitative estimate of drug-likeness (QED) is 0.764. The average molecular weight is 238 g/mol. The molecule has 0 aliphatic heterocycles. The molecule has 0 fully saturated rings. The molecule has 0 spiro atoms. The lowest BCUT2D eigenvalue weighted by Crippen LogP contribution is -2.26. The number of aliphatic carboxylic acids is 1. The Labute approximate surface area is 99.0 Å². The summed E-state index contributed by atoms with van der Waals surface area (Å²) in [6.45, 7) is 1.71. The maximum Gasteiger partial charge on any atom is 0.344 e. The second kappa shape index (κ2) is 5.89. The molecular formula is C12H14O5. The molecule has 5 nitrogen and oxygen atoms in total. The highest BCUT2D eigenvalue weighted by molar-refractivity contribution is 5.77. The summed E-state index contributed by atoms with van der Waals surface area (Å²) in [6, 6.07) is 4.56. The van der Waals surface area contributed by atoms with Crippen molar-refractivity contribution in [1.29, 1.82) is 0 Å². The Bertz CT molecular complexity index is 413. The van der Waals surface area contributed by atoms with E-state index in [9.17, 15) is 9.59 Å². The first-order valence-corrected chi connectivity index (χ1v) is 5.15. The molecule has 0 heterocycles. The Hall–Kier alpha value is -2.04. The van der Waals surface area contributed by atoms with Crippen LogP contribution in [0.5, 0.6) is 11.5 Å². The van der Waals surface area contributed by atoms with Gasteiger partial charge in [0.05, 0.1) is 7.11 Å². The van der Waals surface area contributed by atoms with Crippen molar-refractivity contribution >= 4 is 12.3 Å². The molecule has 1 rings (SSSR count).